The van der Waals surface area contributed by atoms with E-state index >= 15 is 0 Å². The van der Waals surface area contributed by atoms with Gasteiger partial charge in [-0.05, 0) is 19.3 Å². The van der Waals surface area contributed by atoms with Gasteiger partial charge in [0.05, 0.1) is 11.0 Å². The van der Waals surface area contributed by atoms with E-state index in [1.54, 1.807) is 0 Å². The van der Waals surface area contributed by atoms with Crippen LogP contribution in [0.5, 0.6) is 0 Å². The van der Waals surface area contributed by atoms with Crippen molar-refractivity contribution in [1.82, 2.24) is 0 Å². The number of hydrogen-bond donors (Lipinski definition) is 2. The van der Waals surface area contributed by atoms with E-state index in [-0.39, 0.29) is 0 Å². The number of carbonyl (C=O) groups is 1. The van der Waals surface area contributed by atoms with Gasteiger partial charge >= 0.3 is 5.97 Å². The Morgan fingerprint density at radius 2 is 1.78 bits per heavy atom. The minimum Gasteiger partial charge on any atom is -0.481 e. The van der Waals surface area contributed by atoms with E-state index in [1.807, 2.05) is 0 Å². The molecule has 2 bridgehead atoms. The number of carboxylic acid groups (broad SMARTS) is 1. The quantitative estimate of drug-likeness (QED) is 0.522. The highest BCUT2D eigenvalue weighted by molar-refractivity contribution is 5.79. The summed E-state index contributed by atoms with van der Waals surface area (Å²) in [7, 11) is 0. The standard InChI is InChI=1S/C6H8O3/c7-4(8)5-1-6(9,2-5)3-5/h9H,1-3H2,(H,7,8). The summed E-state index contributed by atoms with van der Waals surface area (Å²) >= 11 is 0. The van der Waals surface area contributed by atoms with Gasteiger partial charge in [0, 0.05) is 0 Å². The average Bonchev–Trinajstić information content (AvgIpc) is 1.54. The SMILES string of the molecule is O=C(O)C12CC(O)(C1)C2. The van der Waals surface area contributed by atoms with Crippen LogP contribution >= 0.6 is 0 Å². The summed E-state index contributed by atoms with van der Waals surface area (Å²) in [5.41, 5.74) is -1.08. The molecule has 3 saturated carbocycles. The lowest BCUT2D eigenvalue weighted by Crippen LogP contribution is -2.70. The Kier molecular flexibility index (Phi) is 0.588. The molecule has 9 heavy (non-hydrogen) atoms. The van der Waals surface area contributed by atoms with Gasteiger partial charge in [-0.15, -0.1) is 0 Å². The predicted molar refractivity (Wildman–Crippen MR) is 28.9 cm³/mol. The minimum absolute atomic E-state index is 0.481. The molecule has 0 unspecified atom stereocenters. The van der Waals surface area contributed by atoms with Crippen LogP contribution in [0.1, 0.15) is 19.3 Å². The van der Waals surface area contributed by atoms with Crippen molar-refractivity contribution < 1.29 is 15.0 Å². The van der Waals surface area contributed by atoms with Gasteiger partial charge in [0.2, 0.25) is 0 Å². The van der Waals surface area contributed by atoms with Gasteiger partial charge in [0.15, 0.2) is 0 Å². The van der Waals surface area contributed by atoms with Crippen LogP contribution in [0, 0.1) is 5.41 Å². The predicted octanol–water partition coefficient (Wildman–Crippen LogP) is -0.0140. The van der Waals surface area contributed by atoms with Crippen LogP contribution in [0.2, 0.25) is 0 Å². The maximum Gasteiger partial charge on any atom is 0.309 e. The van der Waals surface area contributed by atoms with Gasteiger partial charge in [0.25, 0.3) is 0 Å². The highest BCUT2D eigenvalue weighted by Crippen LogP contribution is 2.67. The summed E-state index contributed by atoms with van der Waals surface area (Å²) in [5, 5.41) is 17.7. The van der Waals surface area contributed by atoms with Crippen molar-refractivity contribution in [2.24, 2.45) is 5.41 Å². The van der Waals surface area contributed by atoms with Crippen molar-refractivity contribution in [2.75, 3.05) is 0 Å². The fourth-order valence-corrected chi connectivity index (χ4v) is 1.96. The van der Waals surface area contributed by atoms with Gasteiger partial charge in [-0.1, -0.05) is 0 Å². The third kappa shape index (κ3) is 0.399. The number of aliphatic carboxylic acids is 1. The molecule has 0 spiro atoms. The van der Waals surface area contributed by atoms with Crippen molar-refractivity contribution in [1.29, 1.82) is 0 Å². The molecule has 0 radical (unpaired) electrons. The molecular formula is C6H8O3. The minimum atomic E-state index is -0.738. The first kappa shape index (κ1) is 5.23. The fraction of sp³-hybridized carbons (Fsp3) is 0.833. The van der Waals surface area contributed by atoms with E-state index in [0.717, 1.165) is 0 Å². The first-order chi connectivity index (χ1) is 4.06. The van der Waals surface area contributed by atoms with E-state index in [0.29, 0.717) is 19.3 Å². The van der Waals surface area contributed by atoms with Crippen LogP contribution < -0.4 is 0 Å². The fourth-order valence-electron chi connectivity index (χ4n) is 1.96. The summed E-state index contributed by atoms with van der Waals surface area (Å²) < 4.78 is 0. The molecule has 0 amide bonds. The van der Waals surface area contributed by atoms with Crippen LogP contribution in [0.4, 0.5) is 0 Å². The second-order valence-corrected chi connectivity index (χ2v) is 3.34. The number of carboxylic acids is 1. The van der Waals surface area contributed by atoms with Crippen molar-refractivity contribution in [2.45, 2.75) is 24.9 Å². The molecule has 3 rings (SSSR count). The van der Waals surface area contributed by atoms with Crippen molar-refractivity contribution in [3.05, 3.63) is 0 Å². The summed E-state index contributed by atoms with van der Waals surface area (Å²) in [5.74, 6) is -0.738. The number of hydrogen-bond acceptors (Lipinski definition) is 2. The maximum atomic E-state index is 10.4. The van der Waals surface area contributed by atoms with E-state index < -0.39 is 17.0 Å². The third-order valence-electron chi connectivity index (χ3n) is 2.46. The topological polar surface area (TPSA) is 57.5 Å². The van der Waals surface area contributed by atoms with Gasteiger partial charge in [-0.3, -0.25) is 4.79 Å². The highest BCUT2D eigenvalue weighted by atomic mass is 16.4. The monoisotopic (exact) mass is 128 g/mol. The second kappa shape index (κ2) is 1.01. The van der Waals surface area contributed by atoms with Crippen LogP contribution in [0.25, 0.3) is 0 Å². The Morgan fingerprint density at radius 3 is 1.89 bits per heavy atom. The second-order valence-electron chi connectivity index (χ2n) is 3.34. The molecule has 0 aromatic heterocycles. The summed E-state index contributed by atoms with van der Waals surface area (Å²) in [6.45, 7) is 0. The zero-order chi connectivity index (χ0) is 6.70. The lowest BCUT2D eigenvalue weighted by atomic mass is 9.41. The van der Waals surface area contributed by atoms with Crippen molar-refractivity contribution in [3.63, 3.8) is 0 Å². The highest BCUT2D eigenvalue weighted by Gasteiger charge is 2.71. The maximum absolute atomic E-state index is 10.4. The average molecular weight is 128 g/mol. The molecule has 0 atom stereocenters. The molecule has 3 aliphatic rings. The molecule has 0 aromatic carbocycles. The first-order valence-electron chi connectivity index (χ1n) is 3.02. The molecular weight excluding hydrogens is 120 g/mol. The number of rotatable bonds is 1. The Morgan fingerprint density at radius 1 is 1.33 bits per heavy atom. The normalized spacial score (nSPS) is 53.4. The van der Waals surface area contributed by atoms with E-state index in [1.165, 1.54) is 0 Å². The molecule has 3 fully saturated rings. The Bertz CT molecular complexity index is 165. The van der Waals surface area contributed by atoms with Gasteiger partial charge in [0.1, 0.15) is 0 Å². The lowest BCUT2D eigenvalue weighted by molar-refractivity contribution is -0.260. The molecule has 3 aliphatic carbocycles. The lowest BCUT2D eigenvalue weighted by Gasteiger charge is -2.64. The smallest absolute Gasteiger partial charge is 0.309 e. The van der Waals surface area contributed by atoms with Crippen LogP contribution in [0.15, 0.2) is 0 Å². The summed E-state index contributed by atoms with van der Waals surface area (Å²) in [4.78, 5) is 10.4. The number of aliphatic hydroxyl groups is 1. The van der Waals surface area contributed by atoms with Gasteiger partial charge < -0.3 is 10.2 Å². The Hall–Kier alpha value is -0.570. The zero-order valence-electron chi connectivity index (χ0n) is 4.92. The van der Waals surface area contributed by atoms with Crippen molar-refractivity contribution in [3.8, 4) is 0 Å². The molecule has 0 aliphatic heterocycles. The summed E-state index contributed by atoms with van der Waals surface area (Å²) in [6, 6.07) is 0. The van der Waals surface area contributed by atoms with E-state index in [2.05, 4.69) is 0 Å². The molecule has 50 valence electrons. The molecule has 3 nitrogen and oxygen atoms in total. The molecule has 2 N–H and O–H groups in total. The summed E-state index contributed by atoms with van der Waals surface area (Å²) in [6.07, 6.45) is 1.44. The van der Waals surface area contributed by atoms with Crippen LogP contribution in [-0.4, -0.2) is 21.8 Å². The van der Waals surface area contributed by atoms with Crippen LogP contribution in [-0.2, 0) is 4.79 Å². The Labute approximate surface area is 52.3 Å². The largest absolute Gasteiger partial charge is 0.481 e. The van der Waals surface area contributed by atoms with E-state index in [9.17, 15) is 4.79 Å². The molecule has 0 aromatic rings. The van der Waals surface area contributed by atoms with Gasteiger partial charge in [-0.2, -0.15) is 0 Å². The molecule has 3 heteroatoms. The van der Waals surface area contributed by atoms with Gasteiger partial charge in [-0.25, -0.2) is 0 Å². The first-order valence-corrected chi connectivity index (χ1v) is 3.02. The zero-order valence-corrected chi connectivity index (χ0v) is 4.92. The van der Waals surface area contributed by atoms with E-state index in [4.69, 9.17) is 10.2 Å². The van der Waals surface area contributed by atoms with Crippen LogP contribution in [0.3, 0.4) is 0 Å². The third-order valence-corrected chi connectivity index (χ3v) is 2.46. The molecule has 0 heterocycles. The van der Waals surface area contributed by atoms with Crippen molar-refractivity contribution >= 4 is 5.97 Å². The molecule has 0 saturated heterocycles. The Balaban J connectivity index is 2.13.